The van der Waals surface area contributed by atoms with Gasteiger partial charge in [-0.25, -0.2) is 4.79 Å². The van der Waals surface area contributed by atoms with E-state index in [0.29, 0.717) is 11.1 Å². The highest BCUT2D eigenvalue weighted by Crippen LogP contribution is 2.49. The predicted octanol–water partition coefficient (Wildman–Crippen LogP) is 4.21. The van der Waals surface area contributed by atoms with Gasteiger partial charge in [-0.1, -0.05) is 24.3 Å². The maximum absolute atomic E-state index is 12.7. The third-order valence-electron chi connectivity index (χ3n) is 4.66. The lowest BCUT2D eigenvalue weighted by molar-refractivity contribution is -0.143. The van der Waals surface area contributed by atoms with E-state index in [1.165, 1.54) is 38.5 Å². The molecule has 32 heavy (non-hydrogen) atoms. The van der Waals surface area contributed by atoms with Crippen LogP contribution in [0.1, 0.15) is 27.0 Å². The van der Waals surface area contributed by atoms with E-state index in [4.69, 9.17) is 13.8 Å². The Balaban J connectivity index is 2.11. The van der Waals surface area contributed by atoms with Crippen molar-refractivity contribution >= 4 is 19.5 Å². The van der Waals surface area contributed by atoms with Gasteiger partial charge in [0.2, 0.25) is 0 Å². The summed E-state index contributed by atoms with van der Waals surface area (Å²) in [5.41, 5.74) is 0.438. The van der Waals surface area contributed by atoms with Gasteiger partial charge in [0.05, 0.1) is 18.8 Å². The van der Waals surface area contributed by atoms with Crippen LogP contribution in [0.5, 0.6) is 0 Å². The van der Waals surface area contributed by atoms with Crippen molar-refractivity contribution in [2.24, 2.45) is 0 Å². The van der Waals surface area contributed by atoms with Crippen LogP contribution in [0, 0.1) is 0 Å². The van der Waals surface area contributed by atoms with E-state index in [-0.39, 0.29) is 18.1 Å². The van der Waals surface area contributed by atoms with Crippen LogP contribution in [-0.4, -0.2) is 39.2 Å². The Morgan fingerprint density at radius 3 is 1.94 bits per heavy atom. The first kappa shape index (κ1) is 25.6. The largest absolute Gasteiger partial charge is 0.467 e. The van der Waals surface area contributed by atoms with Crippen LogP contribution in [0.4, 0.5) is 13.2 Å². The number of carbonyl (C=O) groups excluding carboxylic acids is 2. The smallest absolute Gasteiger partial charge is 0.416 e. The lowest BCUT2D eigenvalue weighted by Gasteiger charge is -2.17. The molecule has 1 N–H and O–H groups in total. The van der Waals surface area contributed by atoms with Crippen molar-refractivity contribution in [1.82, 2.24) is 5.32 Å². The molecule has 0 unspecified atom stereocenters. The van der Waals surface area contributed by atoms with E-state index in [1.807, 2.05) is 0 Å². The number of methoxy groups -OCH3 is 1. The van der Waals surface area contributed by atoms with E-state index < -0.39 is 37.3 Å². The van der Waals surface area contributed by atoms with Gasteiger partial charge < -0.3 is 19.1 Å². The SMILES string of the molecule is COC(=O)[C@@H](Cc1ccc(C(F)(F)F)cc1)NC(=O)c1ccc(CP(=O)(OC)OC)cc1. The highest BCUT2D eigenvalue weighted by molar-refractivity contribution is 7.52. The zero-order chi connectivity index (χ0) is 23.9. The van der Waals surface area contributed by atoms with Gasteiger partial charge in [-0.15, -0.1) is 0 Å². The minimum absolute atomic E-state index is 0.0145. The molecular formula is C21H23F3NO6P. The standard InChI is InChI=1S/C21H23F3NO6P/c1-29-20(27)18(12-14-6-10-17(11-7-14)21(22,23)24)25-19(26)16-8-4-15(5-9-16)13-32(28,30-2)31-3/h4-11,18H,12-13H2,1-3H3,(H,25,26)/t18-/m1/s1. The molecule has 0 saturated carbocycles. The molecule has 0 aliphatic heterocycles. The van der Waals surface area contributed by atoms with Crippen LogP contribution in [0.2, 0.25) is 0 Å². The number of carbonyl (C=O) groups is 2. The Morgan fingerprint density at radius 1 is 0.938 bits per heavy atom. The minimum atomic E-state index is -4.47. The molecule has 0 spiro atoms. The summed E-state index contributed by atoms with van der Waals surface area (Å²) in [4.78, 5) is 24.7. The summed E-state index contributed by atoms with van der Waals surface area (Å²) in [6.07, 6.45) is -4.51. The molecule has 2 aromatic carbocycles. The summed E-state index contributed by atoms with van der Waals surface area (Å²) in [6, 6.07) is 9.29. The van der Waals surface area contributed by atoms with Gasteiger partial charge in [-0.3, -0.25) is 9.36 Å². The van der Waals surface area contributed by atoms with Crippen LogP contribution in [-0.2, 0) is 41.9 Å². The lowest BCUT2D eigenvalue weighted by Crippen LogP contribution is -2.43. The molecule has 7 nitrogen and oxygen atoms in total. The number of esters is 1. The van der Waals surface area contributed by atoms with Gasteiger partial charge in [0.25, 0.3) is 5.91 Å². The Bertz CT molecular complexity index is 969. The van der Waals surface area contributed by atoms with E-state index in [0.717, 1.165) is 19.2 Å². The Morgan fingerprint density at radius 2 is 1.47 bits per heavy atom. The predicted molar refractivity (Wildman–Crippen MR) is 110 cm³/mol. The highest BCUT2D eigenvalue weighted by atomic mass is 31.2. The summed E-state index contributed by atoms with van der Waals surface area (Å²) in [6.45, 7) is 0. The highest BCUT2D eigenvalue weighted by Gasteiger charge is 2.30. The maximum atomic E-state index is 12.7. The van der Waals surface area contributed by atoms with Gasteiger partial charge >= 0.3 is 19.7 Å². The Labute approximate surface area is 183 Å². The summed E-state index contributed by atoms with van der Waals surface area (Å²) in [5.74, 6) is -1.32. The van der Waals surface area contributed by atoms with Gasteiger partial charge in [0.15, 0.2) is 0 Å². The van der Waals surface area contributed by atoms with Gasteiger partial charge in [0, 0.05) is 26.2 Å². The van der Waals surface area contributed by atoms with Crippen molar-refractivity contribution in [2.75, 3.05) is 21.3 Å². The molecular weight excluding hydrogens is 450 g/mol. The number of hydrogen-bond acceptors (Lipinski definition) is 6. The second kappa shape index (κ2) is 10.8. The number of ether oxygens (including phenoxy) is 1. The second-order valence-electron chi connectivity index (χ2n) is 6.78. The fourth-order valence-corrected chi connectivity index (χ4v) is 3.90. The molecule has 2 aromatic rings. The van der Waals surface area contributed by atoms with Crippen molar-refractivity contribution in [1.29, 1.82) is 0 Å². The molecule has 2 rings (SSSR count). The van der Waals surface area contributed by atoms with Crippen LogP contribution < -0.4 is 5.32 Å². The van der Waals surface area contributed by atoms with Crippen molar-refractivity contribution in [3.05, 3.63) is 70.8 Å². The molecule has 0 saturated heterocycles. The summed E-state index contributed by atoms with van der Waals surface area (Å²) >= 11 is 0. The first-order valence-corrected chi connectivity index (χ1v) is 11.1. The molecule has 0 heterocycles. The number of benzene rings is 2. The molecule has 0 bridgehead atoms. The van der Waals surface area contributed by atoms with Crippen molar-refractivity contribution < 1.29 is 41.1 Å². The monoisotopic (exact) mass is 473 g/mol. The average molecular weight is 473 g/mol. The third kappa shape index (κ3) is 6.91. The van der Waals surface area contributed by atoms with Gasteiger partial charge in [0.1, 0.15) is 6.04 Å². The summed E-state index contributed by atoms with van der Waals surface area (Å²) < 4.78 is 64.8. The first-order valence-electron chi connectivity index (χ1n) is 9.35. The molecule has 11 heteroatoms. The number of alkyl halides is 3. The molecule has 0 aliphatic rings. The van der Waals surface area contributed by atoms with E-state index in [2.05, 4.69) is 5.32 Å². The zero-order valence-electron chi connectivity index (χ0n) is 17.6. The quantitative estimate of drug-likeness (QED) is 0.434. The number of rotatable bonds is 9. The number of amides is 1. The summed E-state index contributed by atoms with van der Waals surface area (Å²) in [5, 5.41) is 2.53. The molecule has 0 radical (unpaired) electrons. The Hall–Kier alpha value is -2.68. The van der Waals surface area contributed by atoms with E-state index in [9.17, 15) is 27.3 Å². The Kier molecular flexibility index (Phi) is 8.60. The fraction of sp³-hybridized carbons (Fsp3) is 0.333. The topological polar surface area (TPSA) is 90.9 Å². The number of hydrogen-bond donors (Lipinski definition) is 1. The van der Waals surface area contributed by atoms with Crippen LogP contribution in [0.3, 0.4) is 0 Å². The molecule has 0 aliphatic carbocycles. The maximum Gasteiger partial charge on any atom is 0.416 e. The average Bonchev–Trinajstić information content (AvgIpc) is 2.78. The number of halogens is 3. The molecule has 1 amide bonds. The molecule has 0 fully saturated rings. The van der Waals surface area contributed by atoms with Gasteiger partial charge in [-0.2, -0.15) is 13.2 Å². The fourth-order valence-electron chi connectivity index (χ4n) is 2.83. The van der Waals surface area contributed by atoms with Crippen molar-refractivity contribution in [3.8, 4) is 0 Å². The van der Waals surface area contributed by atoms with Crippen LogP contribution in [0.15, 0.2) is 48.5 Å². The molecule has 0 aromatic heterocycles. The van der Waals surface area contributed by atoms with E-state index in [1.54, 1.807) is 12.1 Å². The molecule has 174 valence electrons. The minimum Gasteiger partial charge on any atom is -0.467 e. The van der Waals surface area contributed by atoms with Crippen LogP contribution in [0.25, 0.3) is 0 Å². The normalized spacial score (nSPS) is 12.8. The van der Waals surface area contributed by atoms with Gasteiger partial charge in [-0.05, 0) is 35.4 Å². The lowest BCUT2D eigenvalue weighted by atomic mass is 10.0. The molecule has 1 atom stereocenters. The van der Waals surface area contributed by atoms with Crippen molar-refractivity contribution in [2.45, 2.75) is 24.8 Å². The van der Waals surface area contributed by atoms with E-state index >= 15 is 0 Å². The zero-order valence-corrected chi connectivity index (χ0v) is 18.5. The van der Waals surface area contributed by atoms with Crippen molar-refractivity contribution in [3.63, 3.8) is 0 Å². The number of nitrogens with one attached hydrogen (secondary N) is 1. The third-order valence-corrected chi connectivity index (χ3v) is 6.53. The van der Waals surface area contributed by atoms with Crippen LogP contribution >= 0.6 is 7.60 Å². The second-order valence-corrected chi connectivity index (χ2v) is 9.05. The summed E-state index contributed by atoms with van der Waals surface area (Å²) in [7, 11) is 0.426. The first-order chi connectivity index (χ1) is 15.0.